The van der Waals surface area contributed by atoms with Gasteiger partial charge in [-0.15, -0.1) is 0 Å². The lowest BCUT2D eigenvalue weighted by Gasteiger charge is -2.14. The van der Waals surface area contributed by atoms with Crippen LogP contribution in [0.25, 0.3) is 0 Å². The normalized spacial score (nSPS) is 20.0. The summed E-state index contributed by atoms with van der Waals surface area (Å²) in [7, 11) is 1.25. The molecular weight excluding hydrogens is 392 g/mol. The van der Waals surface area contributed by atoms with Crippen LogP contribution in [-0.4, -0.2) is 54.8 Å². The first-order chi connectivity index (χ1) is 14.3. The molecule has 0 spiro atoms. The summed E-state index contributed by atoms with van der Waals surface area (Å²) in [5, 5.41) is 2.56. The van der Waals surface area contributed by atoms with Crippen molar-refractivity contribution in [2.24, 2.45) is 11.8 Å². The van der Waals surface area contributed by atoms with E-state index in [0.29, 0.717) is 24.1 Å². The number of nitrogens with one attached hydrogen (secondary N) is 1. The molecule has 3 rings (SSSR count). The zero-order valence-electron chi connectivity index (χ0n) is 16.7. The standard InChI is InChI=1S/C21H22N2O7/c1-12-7-8-13(21(28)29-2)9-16(12)22-17(24)11-30-18(25)10-23-19(26)14-5-3-4-6-15(14)20(23)27/h3-4,7-9,14-15H,5-6,10-11H2,1-2H3,(H,22,24)/t14-,15-/m1/s1. The zero-order chi connectivity index (χ0) is 21.8. The summed E-state index contributed by atoms with van der Waals surface area (Å²) < 4.78 is 9.57. The van der Waals surface area contributed by atoms with E-state index in [4.69, 9.17) is 4.74 Å². The molecule has 0 unspecified atom stereocenters. The largest absolute Gasteiger partial charge is 0.465 e. The molecule has 1 saturated heterocycles. The average molecular weight is 414 g/mol. The number of ether oxygens (including phenoxy) is 2. The molecule has 1 aromatic carbocycles. The van der Waals surface area contributed by atoms with Crippen molar-refractivity contribution in [1.29, 1.82) is 0 Å². The van der Waals surface area contributed by atoms with Crippen molar-refractivity contribution in [3.05, 3.63) is 41.5 Å². The van der Waals surface area contributed by atoms with Gasteiger partial charge in [0.05, 0.1) is 24.5 Å². The monoisotopic (exact) mass is 414 g/mol. The number of carbonyl (C=O) groups excluding carboxylic acids is 5. The van der Waals surface area contributed by atoms with Gasteiger partial charge in [0, 0.05) is 5.69 Å². The Bertz CT molecular complexity index is 911. The molecule has 0 saturated carbocycles. The third-order valence-corrected chi connectivity index (χ3v) is 5.18. The van der Waals surface area contributed by atoms with Gasteiger partial charge in [-0.25, -0.2) is 4.79 Å². The SMILES string of the molecule is COC(=O)c1ccc(C)c(NC(=O)COC(=O)CN2C(=O)[C@@H]3CC=CC[C@H]3C2=O)c1. The van der Waals surface area contributed by atoms with E-state index in [2.05, 4.69) is 10.1 Å². The van der Waals surface area contributed by atoms with E-state index in [0.717, 1.165) is 4.90 Å². The molecule has 9 heteroatoms. The number of esters is 2. The van der Waals surface area contributed by atoms with Crippen LogP contribution < -0.4 is 5.32 Å². The molecule has 9 nitrogen and oxygen atoms in total. The van der Waals surface area contributed by atoms with Crippen LogP contribution in [0.15, 0.2) is 30.4 Å². The lowest BCUT2D eigenvalue weighted by molar-refractivity contribution is -0.154. The van der Waals surface area contributed by atoms with Gasteiger partial charge in [-0.1, -0.05) is 18.2 Å². The molecular formula is C21H22N2O7. The number of carbonyl (C=O) groups is 5. The second-order valence-corrected chi connectivity index (χ2v) is 7.15. The van der Waals surface area contributed by atoms with Crippen molar-refractivity contribution in [2.75, 3.05) is 25.6 Å². The van der Waals surface area contributed by atoms with Gasteiger partial charge < -0.3 is 14.8 Å². The first-order valence-electron chi connectivity index (χ1n) is 9.46. The summed E-state index contributed by atoms with van der Waals surface area (Å²) in [4.78, 5) is 61.5. The fourth-order valence-electron chi connectivity index (χ4n) is 3.53. The molecule has 1 aliphatic heterocycles. The van der Waals surface area contributed by atoms with Crippen LogP contribution >= 0.6 is 0 Å². The molecule has 1 heterocycles. The third kappa shape index (κ3) is 4.40. The molecule has 1 aliphatic carbocycles. The molecule has 0 radical (unpaired) electrons. The molecule has 30 heavy (non-hydrogen) atoms. The molecule has 158 valence electrons. The number of likely N-dealkylation sites (tertiary alicyclic amines) is 1. The van der Waals surface area contributed by atoms with Gasteiger partial charge in [0.15, 0.2) is 6.61 Å². The smallest absolute Gasteiger partial charge is 0.337 e. The van der Waals surface area contributed by atoms with Crippen molar-refractivity contribution < 1.29 is 33.4 Å². The van der Waals surface area contributed by atoms with Gasteiger partial charge >= 0.3 is 11.9 Å². The minimum Gasteiger partial charge on any atom is -0.465 e. The first kappa shape index (κ1) is 21.2. The van der Waals surface area contributed by atoms with Gasteiger partial charge in [-0.3, -0.25) is 24.1 Å². The summed E-state index contributed by atoms with van der Waals surface area (Å²) in [6, 6.07) is 4.67. The predicted octanol–water partition coefficient (Wildman–Crippen LogP) is 1.21. The van der Waals surface area contributed by atoms with E-state index in [9.17, 15) is 24.0 Å². The Morgan fingerprint density at radius 3 is 2.33 bits per heavy atom. The Hall–Kier alpha value is -3.49. The molecule has 2 aliphatic rings. The fourth-order valence-corrected chi connectivity index (χ4v) is 3.53. The second-order valence-electron chi connectivity index (χ2n) is 7.15. The summed E-state index contributed by atoms with van der Waals surface area (Å²) >= 11 is 0. The maximum atomic E-state index is 12.4. The van der Waals surface area contributed by atoms with Crippen LogP contribution in [0, 0.1) is 18.8 Å². The van der Waals surface area contributed by atoms with E-state index in [1.165, 1.54) is 13.2 Å². The molecule has 1 fully saturated rings. The van der Waals surface area contributed by atoms with Crippen LogP contribution in [0.3, 0.4) is 0 Å². The van der Waals surface area contributed by atoms with Gasteiger partial charge in [-0.05, 0) is 37.5 Å². The summed E-state index contributed by atoms with van der Waals surface area (Å²) in [5.41, 5.74) is 1.34. The topological polar surface area (TPSA) is 119 Å². The molecule has 1 aromatic rings. The number of benzene rings is 1. The molecule has 1 N–H and O–H groups in total. The van der Waals surface area contributed by atoms with Crippen LogP contribution in [0.5, 0.6) is 0 Å². The summed E-state index contributed by atoms with van der Waals surface area (Å²) in [6.45, 7) is 0.627. The number of nitrogens with zero attached hydrogens (tertiary/aromatic N) is 1. The molecule has 0 bridgehead atoms. The number of amides is 3. The van der Waals surface area contributed by atoms with E-state index in [-0.39, 0.29) is 17.4 Å². The Balaban J connectivity index is 1.53. The van der Waals surface area contributed by atoms with Gasteiger partial charge in [0.1, 0.15) is 6.54 Å². The summed E-state index contributed by atoms with van der Waals surface area (Å²) in [5.74, 6) is -3.64. The van der Waals surface area contributed by atoms with Crippen LogP contribution in [0.4, 0.5) is 5.69 Å². The van der Waals surface area contributed by atoms with Crippen LogP contribution in [-0.2, 0) is 28.7 Å². The number of aryl methyl sites for hydroxylation is 1. The van der Waals surface area contributed by atoms with Crippen LogP contribution in [0.1, 0.15) is 28.8 Å². The van der Waals surface area contributed by atoms with Crippen molar-refractivity contribution in [3.8, 4) is 0 Å². The van der Waals surface area contributed by atoms with Gasteiger partial charge in [-0.2, -0.15) is 0 Å². The third-order valence-electron chi connectivity index (χ3n) is 5.18. The number of methoxy groups -OCH3 is 1. The number of hydrogen-bond donors (Lipinski definition) is 1. The first-order valence-corrected chi connectivity index (χ1v) is 9.46. The number of hydrogen-bond acceptors (Lipinski definition) is 7. The highest BCUT2D eigenvalue weighted by molar-refractivity contribution is 6.07. The predicted molar refractivity (Wildman–Crippen MR) is 104 cm³/mol. The van der Waals surface area contributed by atoms with E-state index in [1.54, 1.807) is 19.1 Å². The van der Waals surface area contributed by atoms with Gasteiger partial charge in [0.2, 0.25) is 11.8 Å². The highest BCUT2D eigenvalue weighted by Crippen LogP contribution is 2.34. The quantitative estimate of drug-likeness (QED) is 0.422. The van der Waals surface area contributed by atoms with E-state index in [1.807, 2.05) is 12.2 Å². The number of allylic oxidation sites excluding steroid dienone is 2. The number of fused-ring (bicyclic) bond motifs is 1. The highest BCUT2D eigenvalue weighted by atomic mass is 16.5. The lowest BCUT2D eigenvalue weighted by Crippen LogP contribution is -2.37. The number of rotatable bonds is 6. The Labute approximate surface area is 173 Å². The van der Waals surface area contributed by atoms with Gasteiger partial charge in [0.25, 0.3) is 5.91 Å². The maximum Gasteiger partial charge on any atom is 0.337 e. The fraction of sp³-hybridized carbons (Fsp3) is 0.381. The van der Waals surface area contributed by atoms with E-state index < -0.39 is 42.8 Å². The van der Waals surface area contributed by atoms with Crippen LogP contribution in [0.2, 0.25) is 0 Å². The number of imide groups is 1. The Morgan fingerprint density at radius 1 is 1.10 bits per heavy atom. The van der Waals surface area contributed by atoms with Crippen molar-refractivity contribution in [2.45, 2.75) is 19.8 Å². The number of anilines is 1. The van der Waals surface area contributed by atoms with E-state index >= 15 is 0 Å². The summed E-state index contributed by atoms with van der Waals surface area (Å²) in [6.07, 6.45) is 4.67. The maximum absolute atomic E-state index is 12.4. The minimum atomic E-state index is -0.849. The second kappa shape index (κ2) is 8.89. The van der Waals surface area contributed by atoms with Crippen molar-refractivity contribution in [3.63, 3.8) is 0 Å². The Kier molecular flexibility index (Phi) is 6.29. The van der Waals surface area contributed by atoms with Crippen molar-refractivity contribution in [1.82, 2.24) is 4.90 Å². The highest BCUT2D eigenvalue weighted by Gasteiger charge is 2.47. The minimum absolute atomic E-state index is 0.261. The average Bonchev–Trinajstić information content (AvgIpc) is 2.98. The Morgan fingerprint density at radius 2 is 1.73 bits per heavy atom. The molecule has 2 atom stereocenters. The zero-order valence-corrected chi connectivity index (χ0v) is 16.7. The van der Waals surface area contributed by atoms with Crippen molar-refractivity contribution >= 4 is 35.3 Å². The lowest BCUT2D eigenvalue weighted by atomic mass is 9.85. The molecule has 3 amide bonds. The molecule has 0 aromatic heterocycles.